The molecule has 0 aliphatic heterocycles. The van der Waals surface area contributed by atoms with E-state index in [1.54, 1.807) is 0 Å². The van der Waals surface area contributed by atoms with Gasteiger partial charge in [0.25, 0.3) is 0 Å². The second kappa shape index (κ2) is 6.12. The molecule has 0 aliphatic rings. The van der Waals surface area contributed by atoms with E-state index in [0.717, 1.165) is 6.20 Å². The summed E-state index contributed by atoms with van der Waals surface area (Å²) in [4.78, 5) is 25.0. The zero-order valence-electron chi connectivity index (χ0n) is 10.2. The van der Waals surface area contributed by atoms with Gasteiger partial charge in [0.1, 0.15) is 12.2 Å². The largest absolute Gasteiger partial charge is 0.476 e. The lowest BCUT2D eigenvalue weighted by molar-refractivity contribution is -0.119. The Kier molecular flexibility index (Phi) is 4.79. The van der Waals surface area contributed by atoms with Gasteiger partial charge in [0.2, 0.25) is 5.91 Å². The van der Waals surface area contributed by atoms with Crippen molar-refractivity contribution in [2.75, 3.05) is 12.3 Å². The maximum Gasteiger partial charge on any atom is 0.356 e. The number of carbonyl (C=O) groups excluding carboxylic acids is 1. The molecule has 2 atom stereocenters. The van der Waals surface area contributed by atoms with Crippen molar-refractivity contribution in [2.24, 2.45) is 0 Å². The molecule has 0 spiro atoms. The minimum atomic E-state index is -1.33. The van der Waals surface area contributed by atoms with Crippen molar-refractivity contribution in [2.45, 2.75) is 19.1 Å². The first-order valence-electron chi connectivity index (χ1n) is 5.42. The summed E-state index contributed by atoms with van der Waals surface area (Å²) in [5.74, 6) is -1.62. The van der Waals surface area contributed by atoms with Crippen molar-refractivity contribution >= 4 is 17.6 Å². The van der Waals surface area contributed by atoms with Gasteiger partial charge in [-0.15, -0.1) is 0 Å². The molecule has 8 nitrogen and oxygen atoms in total. The summed E-state index contributed by atoms with van der Waals surface area (Å²) in [6.45, 7) is 1.14. The van der Waals surface area contributed by atoms with Gasteiger partial charge < -0.3 is 26.4 Å². The van der Waals surface area contributed by atoms with Crippen LogP contribution in [0, 0.1) is 0 Å². The molecule has 0 bridgehead atoms. The van der Waals surface area contributed by atoms with Gasteiger partial charge in [-0.1, -0.05) is 0 Å². The molecular formula is C11H15N3O5. The summed E-state index contributed by atoms with van der Waals surface area (Å²) in [5, 5.41) is 30.5. The van der Waals surface area contributed by atoms with Crippen LogP contribution in [0.2, 0.25) is 0 Å². The number of aliphatic hydroxyl groups is 2. The zero-order valence-corrected chi connectivity index (χ0v) is 10.2. The lowest BCUT2D eigenvalue weighted by atomic mass is 10.1. The van der Waals surface area contributed by atoms with Gasteiger partial charge in [0.15, 0.2) is 5.69 Å². The Morgan fingerprint density at radius 2 is 2.11 bits per heavy atom. The highest BCUT2D eigenvalue weighted by Crippen LogP contribution is 2.20. The lowest BCUT2D eigenvalue weighted by Crippen LogP contribution is -2.34. The van der Waals surface area contributed by atoms with Crippen LogP contribution in [0.5, 0.6) is 0 Å². The molecule has 0 saturated heterocycles. The lowest BCUT2D eigenvalue weighted by Gasteiger charge is -2.18. The van der Waals surface area contributed by atoms with E-state index >= 15 is 0 Å². The van der Waals surface area contributed by atoms with Gasteiger partial charge in [-0.25, -0.2) is 9.78 Å². The summed E-state index contributed by atoms with van der Waals surface area (Å²) >= 11 is 0. The number of nitrogens with two attached hydrogens (primary N) is 1. The number of anilines is 1. The first-order chi connectivity index (χ1) is 8.82. The molecule has 1 rings (SSSR count). The Balaban J connectivity index is 2.82. The average Bonchev–Trinajstić information content (AvgIpc) is 2.34. The molecular weight excluding hydrogens is 254 g/mol. The second-order valence-electron chi connectivity index (χ2n) is 3.96. The average molecular weight is 269 g/mol. The van der Waals surface area contributed by atoms with Crippen LogP contribution in [-0.2, 0) is 4.79 Å². The maximum absolute atomic E-state index is 10.7. The highest BCUT2D eigenvalue weighted by Gasteiger charge is 2.21. The van der Waals surface area contributed by atoms with Crippen LogP contribution < -0.4 is 11.1 Å². The van der Waals surface area contributed by atoms with Crippen LogP contribution in [0.3, 0.4) is 0 Å². The van der Waals surface area contributed by atoms with Gasteiger partial charge in [0.05, 0.1) is 5.69 Å². The minimum Gasteiger partial charge on any atom is -0.476 e. The molecule has 1 amide bonds. The third-order valence-corrected chi connectivity index (χ3v) is 2.41. The summed E-state index contributed by atoms with van der Waals surface area (Å²) in [7, 11) is 0. The molecule has 0 radical (unpaired) electrons. The number of aromatic carboxylic acids is 1. The number of nitrogens with one attached hydrogen (secondary N) is 1. The SMILES string of the molecule is CC(=O)NCC(O)C(O)c1cnc(C(=O)O)c(N)c1. The Morgan fingerprint density at radius 3 is 2.58 bits per heavy atom. The van der Waals surface area contributed by atoms with Gasteiger partial charge in [-0.3, -0.25) is 4.79 Å². The second-order valence-corrected chi connectivity index (χ2v) is 3.96. The number of amides is 1. The van der Waals surface area contributed by atoms with Crippen LogP contribution in [0.4, 0.5) is 5.69 Å². The molecule has 0 aromatic carbocycles. The number of rotatable bonds is 5. The van der Waals surface area contributed by atoms with E-state index in [4.69, 9.17) is 10.8 Å². The quantitative estimate of drug-likeness (QED) is 0.455. The van der Waals surface area contributed by atoms with Gasteiger partial charge >= 0.3 is 5.97 Å². The number of aliphatic hydroxyl groups excluding tert-OH is 2. The highest BCUT2D eigenvalue weighted by atomic mass is 16.4. The van der Waals surface area contributed by atoms with E-state index in [1.165, 1.54) is 13.0 Å². The van der Waals surface area contributed by atoms with E-state index in [9.17, 15) is 19.8 Å². The number of carbonyl (C=O) groups is 2. The fourth-order valence-electron chi connectivity index (χ4n) is 1.42. The third-order valence-electron chi connectivity index (χ3n) is 2.41. The number of hydrogen-bond donors (Lipinski definition) is 5. The van der Waals surface area contributed by atoms with Crippen molar-refractivity contribution in [3.05, 3.63) is 23.5 Å². The molecule has 1 aromatic heterocycles. The number of nitrogens with zero attached hydrogens (tertiary/aromatic N) is 1. The number of nitrogen functional groups attached to an aromatic ring is 1. The molecule has 0 fully saturated rings. The molecule has 2 unspecified atom stereocenters. The summed E-state index contributed by atoms with van der Waals surface area (Å²) in [5.41, 5.74) is 5.20. The van der Waals surface area contributed by atoms with Crippen molar-refractivity contribution in [3.8, 4) is 0 Å². The number of pyridine rings is 1. The maximum atomic E-state index is 10.7. The van der Waals surface area contributed by atoms with Crippen molar-refractivity contribution in [3.63, 3.8) is 0 Å². The predicted molar refractivity (Wildman–Crippen MR) is 65.3 cm³/mol. The molecule has 6 N–H and O–H groups in total. The van der Waals surface area contributed by atoms with E-state index in [0.29, 0.717) is 0 Å². The number of carboxylic acids is 1. The topological polar surface area (TPSA) is 146 Å². The normalized spacial score (nSPS) is 13.6. The molecule has 1 aromatic rings. The minimum absolute atomic E-state index is 0.115. The summed E-state index contributed by atoms with van der Waals surface area (Å²) < 4.78 is 0. The summed E-state index contributed by atoms with van der Waals surface area (Å²) in [6.07, 6.45) is -1.47. The first kappa shape index (κ1) is 14.9. The van der Waals surface area contributed by atoms with Crippen LogP contribution in [0.25, 0.3) is 0 Å². The highest BCUT2D eigenvalue weighted by molar-refractivity contribution is 5.91. The standard InChI is InChI=1S/C11H15N3O5/c1-5(15)13-4-8(16)10(17)6-2-7(12)9(11(18)19)14-3-6/h2-3,8,10,16-17H,4,12H2,1H3,(H,13,15)(H,18,19). The van der Waals surface area contributed by atoms with Crippen LogP contribution in [0.1, 0.15) is 29.1 Å². The Morgan fingerprint density at radius 1 is 1.47 bits per heavy atom. The van der Waals surface area contributed by atoms with Gasteiger partial charge in [-0.05, 0) is 6.07 Å². The summed E-state index contributed by atoms with van der Waals surface area (Å²) in [6, 6.07) is 1.22. The fourth-order valence-corrected chi connectivity index (χ4v) is 1.42. The fraction of sp³-hybridized carbons (Fsp3) is 0.364. The Hall–Kier alpha value is -2.19. The molecule has 8 heteroatoms. The van der Waals surface area contributed by atoms with Crippen molar-refractivity contribution < 1.29 is 24.9 Å². The molecule has 1 heterocycles. The number of hydrogen-bond acceptors (Lipinski definition) is 6. The predicted octanol–water partition coefficient (Wildman–Crippen LogP) is -1.11. The monoisotopic (exact) mass is 269 g/mol. The van der Waals surface area contributed by atoms with E-state index in [-0.39, 0.29) is 29.4 Å². The molecule has 0 saturated carbocycles. The molecule has 19 heavy (non-hydrogen) atoms. The van der Waals surface area contributed by atoms with Crippen LogP contribution >= 0.6 is 0 Å². The first-order valence-corrected chi connectivity index (χ1v) is 5.42. The van der Waals surface area contributed by atoms with Crippen LogP contribution in [0.15, 0.2) is 12.3 Å². The van der Waals surface area contributed by atoms with E-state index in [2.05, 4.69) is 10.3 Å². The number of carboxylic acid groups (broad SMARTS) is 1. The molecule has 104 valence electrons. The van der Waals surface area contributed by atoms with Crippen molar-refractivity contribution in [1.29, 1.82) is 0 Å². The zero-order chi connectivity index (χ0) is 14.6. The van der Waals surface area contributed by atoms with Gasteiger partial charge in [-0.2, -0.15) is 0 Å². The van der Waals surface area contributed by atoms with Gasteiger partial charge in [0, 0.05) is 25.2 Å². The third kappa shape index (κ3) is 3.90. The van der Waals surface area contributed by atoms with E-state index < -0.39 is 18.2 Å². The van der Waals surface area contributed by atoms with E-state index in [1.807, 2.05) is 0 Å². The van der Waals surface area contributed by atoms with Crippen molar-refractivity contribution in [1.82, 2.24) is 10.3 Å². The molecule has 0 aliphatic carbocycles. The number of aromatic nitrogens is 1. The Labute approximate surface area is 108 Å². The van der Waals surface area contributed by atoms with Crippen LogP contribution in [-0.4, -0.2) is 44.8 Å². The smallest absolute Gasteiger partial charge is 0.356 e. The Bertz CT molecular complexity index is 491.